The van der Waals surface area contributed by atoms with Gasteiger partial charge in [0.05, 0.1) is 0 Å². The van der Waals surface area contributed by atoms with E-state index in [0.717, 1.165) is 103 Å². The Kier molecular flexibility index (Phi) is 54.4. The van der Waals surface area contributed by atoms with Crippen LogP contribution >= 0.6 is 0 Å². The lowest BCUT2D eigenvalue weighted by Crippen LogP contribution is -2.30. The molecule has 398 valence electrons. The fourth-order valence-electron chi connectivity index (χ4n) is 7.70. The molecule has 0 unspecified atom stereocenters. The number of unbranched alkanes of at least 4 members (excludes halogenated alkanes) is 22. The van der Waals surface area contributed by atoms with Crippen LogP contribution in [0.15, 0.2) is 109 Å². The lowest BCUT2D eigenvalue weighted by atomic mass is 10.0. The van der Waals surface area contributed by atoms with Crippen molar-refractivity contribution < 1.29 is 28.6 Å². The van der Waals surface area contributed by atoms with Crippen LogP contribution in [0.1, 0.15) is 258 Å². The van der Waals surface area contributed by atoms with Gasteiger partial charge < -0.3 is 14.2 Å². The summed E-state index contributed by atoms with van der Waals surface area (Å²) < 4.78 is 16.8. The zero-order valence-corrected chi connectivity index (χ0v) is 45.5. The summed E-state index contributed by atoms with van der Waals surface area (Å²) in [5, 5.41) is 0. The standard InChI is InChI=1S/C64H106O6/c1-4-7-10-13-16-19-22-25-28-31-32-34-36-39-42-45-48-51-54-57-63(66)69-60-61(59-68-62(65)56-53-50-47-44-41-38-35-30-27-24-21-18-15-12-9-6-3)70-64(67)58-55-52-49-46-43-40-37-33-29-26-23-20-17-14-11-8-5-2/h7,10,16-17,19-20,25-26,28-29,32,34,37,39-40,42,46,49,61H,4-6,8-9,11-15,18,21-24,27,30-31,33,35-36,38,41,43-45,47-48,50-60H2,1-3H3/b10-7+,19-16+,20-17+,28-25+,29-26+,34-32+,40-37+,42-39+,49-46+/t61-/m1/s1. The number of hydrogen-bond acceptors (Lipinski definition) is 6. The van der Waals surface area contributed by atoms with E-state index in [4.69, 9.17) is 14.2 Å². The van der Waals surface area contributed by atoms with Gasteiger partial charge in [-0.25, -0.2) is 0 Å². The van der Waals surface area contributed by atoms with Gasteiger partial charge in [-0.3, -0.25) is 14.4 Å². The van der Waals surface area contributed by atoms with Crippen LogP contribution in [0.2, 0.25) is 0 Å². The fourth-order valence-corrected chi connectivity index (χ4v) is 7.70. The molecule has 0 saturated carbocycles. The zero-order chi connectivity index (χ0) is 50.7. The van der Waals surface area contributed by atoms with Gasteiger partial charge in [0.15, 0.2) is 6.10 Å². The van der Waals surface area contributed by atoms with E-state index in [-0.39, 0.29) is 37.5 Å². The highest BCUT2D eigenvalue weighted by Gasteiger charge is 2.19. The number of carbonyl (C=O) groups is 3. The van der Waals surface area contributed by atoms with Gasteiger partial charge >= 0.3 is 17.9 Å². The Bertz CT molecular complexity index is 1440. The van der Waals surface area contributed by atoms with Crippen molar-refractivity contribution in [1.29, 1.82) is 0 Å². The van der Waals surface area contributed by atoms with Gasteiger partial charge in [-0.05, 0) is 103 Å². The molecule has 0 aromatic rings. The Morgan fingerprint density at radius 2 is 0.571 bits per heavy atom. The Labute approximate surface area is 431 Å². The molecule has 0 rings (SSSR count). The molecule has 0 amide bonds. The molecule has 0 spiro atoms. The van der Waals surface area contributed by atoms with Crippen molar-refractivity contribution in [3.63, 3.8) is 0 Å². The summed E-state index contributed by atoms with van der Waals surface area (Å²) in [4.78, 5) is 38.2. The molecule has 0 fully saturated rings. The van der Waals surface area contributed by atoms with E-state index < -0.39 is 6.10 Å². The maximum Gasteiger partial charge on any atom is 0.306 e. The van der Waals surface area contributed by atoms with E-state index in [1.54, 1.807) is 0 Å². The van der Waals surface area contributed by atoms with Crippen molar-refractivity contribution >= 4 is 17.9 Å². The molecule has 0 aliphatic rings. The van der Waals surface area contributed by atoms with Crippen LogP contribution in [0.5, 0.6) is 0 Å². The number of rotatable bonds is 51. The van der Waals surface area contributed by atoms with Crippen molar-refractivity contribution in [2.24, 2.45) is 0 Å². The summed E-state index contributed by atoms with van der Waals surface area (Å²) in [5.41, 5.74) is 0. The molecule has 0 bridgehead atoms. The zero-order valence-electron chi connectivity index (χ0n) is 45.5. The molecular formula is C64H106O6. The molecule has 0 heterocycles. The first kappa shape index (κ1) is 66.1. The molecule has 0 aromatic carbocycles. The van der Waals surface area contributed by atoms with E-state index in [1.807, 2.05) is 0 Å². The van der Waals surface area contributed by atoms with Gasteiger partial charge in [0.25, 0.3) is 0 Å². The van der Waals surface area contributed by atoms with Gasteiger partial charge in [0.1, 0.15) is 13.2 Å². The highest BCUT2D eigenvalue weighted by molar-refractivity contribution is 5.71. The second-order valence-electron chi connectivity index (χ2n) is 18.8. The number of carbonyl (C=O) groups excluding carboxylic acids is 3. The van der Waals surface area contributed by atoms with E-state index in [2.05, 4.69) is 130 Å². The highest BCUT2D eigenvalue weighted by atomic mass is 16.6. The molecule has 6 heteroatoms. The molecule has 0 saturated heterocycles. The molecule has 0 radical (unpaired) electrons. The summed E-state index contributed by atoms with van der Waals surface area (Å²) in [6.45, 7) is 6.43. The predicted molar refractivity (Wildman–Crippen MR) is 302 cm³/mol. The summed E-state index contributed by atoms with van der Waals surface area (Å²) in [5.74, 6) is -0.998. The second-order valence-corrected chi connectivity index (χ2v) is 18.8. The summed E-state index contributed by atoms with van der Waals surface area (Å²) in [6, 6.07) is 0. The molecular weight excluding hydrogens is 865 g/mol. The minimum absolute atomic E-state index is 0.110. The Balaban J connectivity index is 4.53. The van der Waals surface area contributed by atoms with Crippen molar-refractivity contribution in [3.8, 4) is 0 Å². The highest BCUT2D eigenvalue weighted by Crippen LogP contribution is 2.15. The molecule has 70 heavy (non-hydrogen) atoms. The van der Waals surface area contributed by atoms with E-state index >= 15 is 0 Å². The summed E-state index contributed by atoms with van der Waals surface area (Å²) in [6.07, 6.45) is 77.9. The lowest BCUT2D eigenvalue weighted by molar-refractivity contribution is -0.167. The molecule has 0 aromatic heterocycles. The first-order valence-corrected chi connectivity index (χ1v) is 28.9. The van der Waals surface area contributed by atoms with Gasteiger partial charge in [-0.1, -0.05) is 246 Å². The minimum Gasteiger partial charge on any atom is -0.462 e. The number of esters is 3. The fraction of sp³-hybridized carbons (Fsp3) is 0.672. The first-order valence-electron chi connectivity index (χ1n) is 28.9. The van der Waals surface area contributed by atoms with Crippen molar-refractivity contribution in [1.82, 2.24) is 0 Å². The van der Waals surface area contributed by atoms with Crippen LogP contribution in [0, 0.1) is 0 Å². The minimum atomic E-state index is -0.821. The van der Waals surface area contributed by atoms with E-state index in [0.29, 0.717) is 19.3 Å². The van der Waals surface area contributed by atoms with Crippen LogP contribution < -0.4 is 0 Å². The average Bonchev–Trinajstić information content (AvgIpc) is 3.36. The SMILES string of the molecule is CC/C=C/C/C=C/C/C=C/C/C=C/C/C=C/CCCCCC(=O)OC[C@@H](COC(=O)CCCCCCCCCCCCCCCCCC)OC(=O)CCC/C=C/C/C=C/C/C=C/C/C=C/CCCCC. The maximum atomic E-state index is 12.8. The normalized spacial score (nSPS) is 12.9. The van der Waals surface area contributed by atoms with E-state index in [1.165, 1.54) is 109 Å². The molecule has 1 atom stereocenters. The van der Waals surface area contributed by atoms with Gasteiger partial charge in [0.2, 0.25) is 0 Å². The molecule has 0 aliphatic carbocycles. The topological polar surface area (TPSA) is 78.9 Å². The number of allylic oxidation sites excluding steroid dienone is 18. The van der Waals surface area contributed by atoms with Crippen LogP contribution in [-0.4, -0.2) is 37.2 Å². The monoisotopic (exact) mass is 971 g/mol. The predicted octanol–water partition coefficient (Wildman–Crippen LogP) is 19.5. The first-order chi connectivity index (χ1) is 34.5. The van der Waals surface area contributed by atoms with Gasteiger partial charge in [0, 0.05) is 19.3 Å². The average molecular weight is 972 g/mol. The lowest BCUT2D eigenvalue weighted by Gasteiger charge is -2.18. The second kappa shape index (κ2) is 57.6. The molecule has 0 aliphatic heterocycles. The smallest absolute Gasteiger partial charge is 0.306 e. The van der Waals surface area contributed by atoms with Crippen LogP contribution in [0.3, 0.4) is 0 Å². The van der Waals surface area contributed by atoms with Crippen LogP contribution in [0.4, 0.5) is 0 Å². The number of ether oxygens (including phenoxy) is 3. The van der Waals surface area contributed by atoms with E-state index in [9.17, 15) is 14.4 Å². The third-order valence-corrected chi connectivity index (χ3v) is 12.0. The third kappa shape index (κ3) is 55.0. The Hall–Kier alpha value is -3.93. The number of hydrogen-bond donors (Lipinski definition) is 0. The van der Waals surface area contributed by atoms with Crippen molar-refractivity contribution in [3.05, 3.63) is 109 Å². The van der Waals surface area contributed by atoms with Crippen molar-refractivity contribution in [2.45, 2.75) is 264 Å². The largest absolute Gasteiger partial charge is 0.462 e. The Morgan fingerprint density at radius 3 is 0.943 bits per heavy atom. The van der Waals surface area contributed by atoms with Crippen molar-refractivity contribution in [2.75, 3.05) is 13.2 Å². The summed E-state index contributed by atoms with van der Waals surface area (Å²) >= 11 is 0. The Morgan fingerprint density at radius 1 is 0.300 bits per heavy atom. The summed E-state index contributed by atoms with van der Waals surface area (Å²) in [7, 11) is 0. The third-order valence-electron chi connectivity index (χ3n) is 12.0. The maximum absolute atomic E-state index is 12.8. The van der Waals surface area contributed by atoms with Gasteiger partial charge in [-0.15, -0.1) is 0 Å². The van der Waals surface area contributed by atoms with Gasteiger partial charge in [-0.2, -0.15) is 0 Å². The van der Waals surface area contributed by atoms with Crippen LogP contribution in [0.25, 0.3) is 0 Å². The van der Waals surface area contributed by atoms with Crippen LogP contribution in [-0.2, 0) is 28.6 Å². The molecule has 0 N–H and O–H groups in total. The molecule has 6 nitrogen and oxygen atoms in total. The quantitative estimate of drug-likeness (QED) is 0.0262.